The second-order valence-corrected chi connectivity index (χ2v) is 2.16. The highest BCUT2D eigenvalue weighted by atomic mass is 19.4. The Kier molecular flexibility index (Phi) is 1.90. The monoisotopic (exact) mass is 182 g/mol. The molecule has 1 rings (SSSR count). The minimum absolute atomic E-state index is 0.250. The molecule has 0 N–H and O–H groups in total. The van der Waals surface area contributed by atoms with Gasteiger partial charge < -0.3 is 0 Å². The second kappa shape index (κ2) is 2.61. The fourth-order valence-corrected chi connectivity index (χ4v) is 0.621. The number of rotatable bonds is 1. The number of alkyl halides is 3. The maximum absolute atomic E-state index is 11.7. The molecule has 1 heterocycles. The minimum atomic E-state index is -4.44. The Balaban J connectivity index is 2.91. The van der Waals surface area contributed by atoms with Gasteiger partial charge in [0.15, 0.2) is 0 Å². The van der Waals surface area contributed by atoms with Crippen molar-refractivity contribution in [3.63, 3.8) is 0 Å². The van der Waals surface area contributed by atoms with Gasteiger partial charge in [-0.05, 0) is 10.4 Å². The van der Waals surface area contributed by atoms with E-state index in [1.165, 1.54) is 7.05 Å². The molecule has 0 aliphatic carbocycles. The third-order valence-electron chi connectivity index (χ3n) is 1.11. The molecular formula is C4H5F3N4O. The highest BCUT2D eigenvalue weighted by Gasteiger charge is 2.29. The molecule has 1 aromatic rings. The van der Waals surface area contributed by atoms with Crippen LogP contribution in [0.2, 0.25) is 0 Å². The molecule has 0 spiro atoms. The molecule has 0 aliphatic heterocycles. The fourth-order valence-electron chi connectivity index (χ4n) is 0.621. The lowest BCUT2D eigenvalue weighted by atomic mass is 10.6. The van der Waals surface area contributed by atoms with Crippen molar-refractivity contribution in [1.82, 2.24) is 19.8 Å². The summed E-state index contributed by atoms with van der Waals surface area (Å²) in [6.45, 7) is -1.40. The average molecular weight is 182 g/mol. The van der Waals surface area contributed by atoms with Gasteiger partial charge in [-0.1, -0.05) is 0 Å². The molecule has 1 aromatic heterocycles. The van der Waals surface area contributed by atoms with Gasteiger partial charge >= 0.3 is 11.9 Å². The van der Waals surface area contributed by atoms with Crippen LogP contribution >= 0.6 is 0 Å². The van der Waals surface area contributed by atoms with E-state index in [4.69, 9.17) is 0 Å². The molecular weight excluding hydrogens is 177 g/mol. The largest absolute Gasteiger partial charge is 0.408 e. The lowest BCUT2D eigenvalue weighted by Gasteiger charge is -2.02. The Hall–Kier alpha value is -1.34. The van der Waals surface area contributed by atoms with Crippen LogP contribution in [-0.4, -0.2) is 26.0 Å². The third kappa shape index (κ3) is 1.83. The molecule has 0 saturated carbocycles. The van der Waals surface area contributed by atoms with Gasteiger partial charge in [0, 0.05) is 7.05 Å². The SMILES string of the molecule is Cn1nnn(CC(F)(F)F)c1=O. The van der Waals surface area contributed by atoms with Crippen LogP contribution in [0.4, 0.5) is 13.2 Å². The van der Waals surface area contributed by atoms with E-state index < -0.39 is 18.4 Å². The summed E-state index contributed by atoms with van der Waals surface area (Å²) in [4.78, 5) is 10.7. The molecule has 12 heavy (non-hydrogen) atoms. The number of nitrogens with zero attached hydrogens (tertiary/aromatic N) is 4. The van der Waals surface area contributed by atoms with Gasteiger partial charge in [-0.15, -0.1) is 0 Å². The molecule has 5 nitrogen and oxygen atoms in total. The van der Waals surface area contributed by atoms with Crippen molar-refractivity contribution in [2.45, 2.75) is 12.7 Å². The van der Waals surface area contributed by atoms with E-state index in [2.05, 4.69) is 10.4 Å². The van der Waals surface area contributed by atoms with E-state index in [1.54, 1.807) is 0 Å². The van der Waals surface area contributed by atoms with E-state index >= 15 is 0 Å². The van der Waals surface area contributed by atoms with E-state index in [1.807, 2.05) is 0 Å². The lowest BCUT2D eigenvalue weighted by molar-refractivity contribution is -0.143. The van der Waals surface area contributed by atoms with Gasteiger partial charge in [0.1, 0.15) is 6.54 Å². The molecule has 68 valence electrons. The zero-order chi connectivity index (χ0) is 9.35. The Morgan fingerprint density at radius 2 is 2.00 bits per heavy atom. The summed E-state index contributed by atoms with van der Waals surface area (Å²) < 4.78 is 36.1. The number of hydrogen-bond acceptors (Lipinski definition) is 3. The number of aromatic nitrogens is 4. The summed E-state index contributed by atoms with van der Waals surface area (Å²) in [5.74, 6) is 0. The third-order valence-corrected chi connectivity index (χ3v) is 1.11. The topological polar surface area (TPSA) is 52.7 Å². The normalized spacial score (nSPS) is 12.0. The highest BCUT2D eigenvalue weighted by molar-refractivity contribution is 4.58. The van der Waals surface area contributed by atoms with Crippen LogP contribution in [0.1, 0.15) is 0 Å². The second-order valence-electron chi connectivity index (χ2n) is 2.16. The van der Waals surface area contributed by atoms with Crippen molar-refractivity contribution >= 4 is 0 Å². The first-order valence-corrected chi connectivity index (χ1v) is 2.94. The first-order chi connectivity index (χ1) is 5.40. The fraction of sp³-hybridized carbons (Fsp3) is 0.750. The van der Waals surface area contributed by atoms with Crippen LogP contribution in [0.5, 0.6) is 0 Å². The van der Waals surface area contributed by atoms with E-state index in [9.17, 15) is 18.0 Å². The Bertz CT molecular complexity index is 324. The van der Waals surface area contributed by atoms with Gasteiger partial charge in [-0.2, -0.15) is 22.5 Å². The number of halogens is 3. The van der Waals surface area contributed by atoms with Crippen molar-refractivity contribution in [3.05, 3.63) is 10.5 Å². The zero-order valence-electron chi connectivity index (χ0n) is 6.04. The Morgan fingerprint density at radius 1 is 1.42 bits per heavy atom. The summed E-state index contributed by atoms with van der Waals surface area (Å²) in [5.41, 5.74) is -0.882. The van der Waals surface area contributed by atoms with Crippen molar-refractivity contribution in [1.29, 1.82) is 0 Å². The highest BCUT2D eigenvalue weighted by Crippen LogP contribution is 2.15. The van der Waals surface area contributed by atoms with Crippen molar-refractivity contribution in [3.8, 4) is 0 Å². The summed E-state index contributed by atoms with van der Waals surface area (Å²) in [6.07, 6.45) is -4.44. The maximum Gasteiger partial charge on any atom is 0.408 e. The maximum atomic E-state index is 11.7. The minimum Gasteiger partial charge on any atom is -0.244 e. The quantitative estimate of drug-likeness (QED) is 0.590. The standard InChI is InChI=1S/C4H5F3N4O/c1-10-3(12)11(9-8-10)2-4(5,6)7/h2H2,1H3. The van der Waals surface area contributed by atoms with Gasteiger partial charge in [0.05, 0.1) is 0 Å². The molecule has 0 unspecified atom stereocenters. The van der Waals surface area contributed by atoms with Crippen LogP contribution in [0.25, 0.3) is 0 Å². The predicted molar refractivity (Wildman–Crippen MR) is 31.3 cm³/mol. The molecule has 0 atom stereocenters. The van der Waals surface area contributed by atoms with Crippen LogP contribution in [0.3, 0.4) is 0 Å². The average Bonchev–Trinajstić information content (AvgIpc) is 2.16. The van der Waals surface area contributed by atoms with Gasteiger partial charge in [0.2, 0.25) is 0 Å². The van der Waals surface area contributed by atoms with Crippen LogP contribution in [0.15, 0.2) is 4.79 Å². The molecule has 0 fully saturated rings. The molecule has 0 radical (unpaired) electrons. The Labute approximate surface area is 64.4 Å². The zero-order valence-corrected chi connectivity index (χ0v) is 6.04. The summed E-state index contributed by atoms with van der Waals surface area (Å²) in [7, 11) is 1.22. The van der Waals surface area contributed by atoms with Crippen molar-refractivity contribution in [2.75, 3.05) is 0 Å². The molecule has 0 amide bonds. The predicted octanol–water partition coefficient (Wildman–Crippen LogP) is -0.461. The molecule has 0 saturated heterocycles. The van der Waals surface area contributed by atoms with E-state index in [0.29, 0.717) is 0 Å². The van der Waals surface area contributed by atoms with Gasteiger partial charge in [-0.3, -0.25) is 0 Å². The van der Waals surface area contributed by atoms with E-state index in [-0.39, 0.29) is 4.68 Å². The van der Waals surface area contributed by atoms with Gasteiger partial charge in [-0.25, -0.2) is 4.79 Å². The van der Waals surface area contributed by atoms with Gasteiger partial charge in [0.25, 0.3) is 0 Å². The van der Waals surface area contributed by atoms with Crippen molar-refractivity contribution in [2.24, 2.45) is 7.05 Å². The molecule has 0 aromatic carbocycles. The first-order valence-electron chi connectivity index (χ1n) is 2.94. The molecule has 0 bridgehead atoms. The summed E-state index contributed by atoms with van der Waals surface area (Å²) >= 11 is 0. The van der Waals surface area contributed by atoms with Crippen LogP contribution < -0.4 is 5.69 Å². The number of hydrogen-bond donors (Lipinski definition) is 0. The van der Waals surface area contributed by atoms with Crippen LogP contribution in [-0.2, 0) is 13.6 Å². The van der Waals surface area contributed by atoms with Crippen molar-refractivity contribution < 1.29 is 13.2 Å². The Morgan fingerprint density at radius 3 is 2.33 bits per heavy atom. The lowest BCUT2D eigenvalue weighted by Crippen LogP contribution is -2.29. The number of tetrazole rings is 1. The molecule has 8 heteroatoms. The smallest absolute Gasteiger partial charge is 0.244 e. The van der Waals surface area contributed by atoms with E-state index in [0.717, 1.165) is 4.68 Å². The molecule has 0 aliphatic rings. The first kappa shape index (κ1) is 8.75. The van der Waals surface area contributed by atoms with Crippen LogP contribution in [0, 0.1) is 0 Å². The number of aryl methyl sites for hydroxylation is 1. The summed E-state index contributed by atoms with van der Waals surface area (Å²) in [6, 6.07) is 0. The summed E-state index contributed by atoms with van der Waals surface area (Å²) in [5, 5.41) is 6.12.